The summed E-state index contributed by atoms with van der Waals surface area (Å²) < 4.78 is 0. The van der Waals surface area contributed by atoms with E-state index in [0.717, 1.165) is 5.48 Å². The van der Waals surface area contributed by atoms with Gasteiger partial charge in [0, 0.05) is 0 Å². The zero-order valence-corrected chi connectivity index (χ0v) is 3.33. The minimum Gasteiger partial charge on any atom is -0.478 e. The van der Waals surface area contributed by atoms with Crippen LogP contribution < -0.4 is 5.48 Å². The highest BCUT2D eigenvalue weighted by Gasteiger charge is 2.08. The number of aliphatic carboxylic acids is 1. The summed E-state index contributed by atoms with van der Waals surface area (Å²) in [6.07, 6.45) is -1.88. The Morgan fingerprint density at radius 1 is 1.71 bits per heavy atom. The molecule has 0 aliphatic rings. The van der Waals surface area contributed by atoms with Gasteiger partial charge < -0.3 is 15.4 Å². The van der Waals surface area contributed by atoms with Crippen LogP contribution in [0.2, 0.25) is 0 Å². The average molecular weight is 107 g/mol. The number of hydroxylamine groups is 1. The Hall–Kier alpha value is -0.650. The number of carboxylic acids is 1. The van der Waals surface area contributed by atoms with Crippen LogP contribution >= 0.6 is 0 Å². The van der Waals surface area contributed by atoms with Crippen LogP contribution in [0.5, 0.6) is 0 Å². The van der Waals surface area contributed by atoms with Crippen LogP contribution in [0, 0.1) is 0 Å². The van der Waals surface area contributed by atoms with Gasteiger partial charge in [0.2, 0.25) is 6.23 Å². The molecule has 0 saturated carbocycles. The molecular formula is C2H5NO4. The van der Waals surface area contributed by atoms with Crippen molar-refractivity contribution in [3.05, 3.63) is 0 Å². The van der Waals surface area contributed by atoms with Crippen molar-refractivity contribution < 1.29 is 20.2 Å². The van der Waals surface area contributed by atoms with E-state index in [-0.39, 0.29) is 0 Å². The number of rotatable bonds is 2. The molecule has 0 radical (unpaired) electrons. The SMILES string of the molecule is O=C(O)C(O)NO. The lowest BCUT2D eigenvalue weighted by Crippen LogP contribution is -2.33. The zero-order valence-electron chi connectivity index (χ0n) is 3.33. The van der Waals surface area contributed by atoms with Crippen molar-refractivity contribution >= 4 is 5.97 Å². The van der Waals surface area contributed by atoms with Crippen LogP contribution in [0.3, 0.4) is 0 Å². The summed E-state index contributed by atoms with van der Waals surface area (Å²) >= 11 is 0. The second kappa shape index (κ2) is 2.51. The van der Waals surface area contributed by atoms with Gasteiger partial charge in [0.1, 0.15) is 0 Å². The molecule has 0 fully saturated rings. The first-order valence-corrected chi connectivity index (χ1v) is 1.49. The van der Waals surface area contributed by atoms with Gasteiger partial charge in [-0.25, -0.2) is 4.79 Å². The summed E-state index contributed by atoms with van der Waals surface area (Å²) in [5.74, 6) is -1.51. The third-order valence-electron chi connectivity index (χ3n) is 0.356. The number of aliphatic hydroxyl groups is 1. The predicted molar refractivity (Wildman–Crippen MR) is 18.6 cm³/mol. The van der Waals surface area contributed by atoms with E-state index in [1.165, 1.54) is 0 Å². The summed E-state index contributed by atoms with van der Waals surface area (Å²) in [4.78, 5) is 9.46. The van der Waals surface area contributed by atoms with Crippen molar-refractivity contribution in [1.82, 2.24) is 5.48 Å². The summed E-state index contributed by atoms with van der Waals surface area (Å²) in [6.45, 7) is 0. The fourth-order valence-electron chi connectivity index (χ4n) is 0.0552. The van der Waals surface area contributed by atoms with Gasteiger partial charge >= 0.3 is 5.97 Å². The van der Waals surface area contributed by atoms with Gasteiger partial charge in [0.25, 0.3) is 0 Å². The van der Waals surface area contributed by atoms with Gasteiger partial charge in [0.05, 0.1) is 0 Å². The molecule has 0 aromatic heterocycles. The Morgan fingerprint density at radius 3 is 2.14 bits per heavy atom. The standard InChI is InChI=1S/C2H5NO4/c4-1(3-7)2(5)6/h1,3-4,7H,(H,5,6). The monoisotopic (exact) mass is 107 g/mol. The zero-order chi connectivity index (χ0) is 5.86. The van der Waals surface area contributed by atoms with E-state index in [4.69, 9.17) is 15.4 Å². The number of hydrogen-bond acceptors (Lipinski definition) is 4. The highest BCUT2D eigenvalue weighted by Crippen LogP contribution is 1.68. The fraction of sp³-hybridized carbons (Fsp3) is 0.500. The van der Waals surface area contributed by atoms with Crippen molar-refractivity contribution in [2.24, 2.45) is 0 Å². The molecule has 0 heterocycles. The molecule has 0 rings (SSSR count). The topological polar surface area (TPSA) is 89.8 Å². The minimum atomic E-state index is -1.88. The predicted octanol–water partition coefficient (Wildman–Crippen LogP) is -1.63. The summed E-state index contributed by atoms with van der Waals surface area (Å²) in [5, 5.41) is 23.3. The van der Waals surface area contributed by atoms with E-state index >= 15 is 0 Å². The molecular weight excluding hydrogens is 102 g/mol. The lowest BCUT2D eigenvalue weighted by Gasteiger charge is -1.97. The van der Waals surface area contributed by atoms with Crippen molar-refractivity contribution in [3.63, 3.8) is 0 Å². The minimum absolute atomic E-state index is 1.12. The number of carbonyl (C=O) groups is 1. The maximum Gasteiger partial charge on any atom is 0.350 e. The number of hydrogen-bond donors (Lipinski definition) is 4. The average Bonchev–Trinajstić information content (AvgIpc) is 1.65. The maximum atomic E-state index is 9.46. The van der Waals surface area contributed by atoms with E-state index in [9.17, 15) is 4.79 Å². The van der Waals surface area contributed by atoms with Gasteiger partial charge in [-0.3, -0.25) is 0 Å². The van der Waals surface area contributed by atoms with E-state index in [2.05, 4.69) is 0 Å². The second-order valence-electron chi connectivity index (χ2n) is 0.870. The van der Waals surface area contributed by atoms with Crippen molar-refractivity contribution in [1.29, 1.82) is 0 Å². The second-order valence-corrected chi connectivity index (χ2v) is 0.870. The van der Waals surface area contributed by atoms with E-state index in [1.54, 1.807) is 0 Å². The molecule has 5 nitrogen and oxygen atoms in total. The summed E-state index contributed by atoms with van der Waals surface area (Å²) in [7, 11) is 0. The lowest BCUT2D eigenvalue weighted by molar-refractivity contribution is -0.154. The van der Waals surface area contributed by atoms with Gasteiger partial charge in [-0.1, -0.05) is 0 Å². The quantitative estimate of drug-likeness (QED) is 0.251. The smallest absolute Gasteiger partial charge is 0.350 e. The molecule has 7 heavy (non-hydrogen) atoms. The number of aliphatic hydroxyl groups excluding tert-OH is 1. The molecule has 5 heteroatoms. The van der Waals surface area contributed by atoms with E-state index in [0.29, 0.717) is 0 Å². The Morgan fingerprint density at radius 2 is 2.14 bits per heavy atom. The molecule has 0 aliphatic carbocycles. The lowest BCUT2D eigenvalue weighted by atomic mass is 10.6. The molecule has 0 bridgehead atoms. The van der Waals surface area contributed by atoms with Gasteiger partial charge in [-0.15, -0.1) is 0 Å². The van der Waals surface area contributed by atoms with Crippen LogP contribution in [0.15, 0.2) is 0 Å². The normalized spacial score (nSPS) is 13.4. The van der Waals surface area contributed by atoms with E-state index < -0.39 is 12.2 Å². The van der Waals surface area contributed by atoms with Crippen LogP contribution in [0.25, 0.3) is 0 Å². The molecule has 1 unspecified atom stereocenters. The Kier molecular flexibility index (Phi) is 2.28. The third-order valence-corrected chi connectivity index (χ3v) is 0.356. The molecule has 0 aromatic rings. The first kappa shape index (κ1) is 6.35. The third kappa shape index (κ3) is 2.10. The van der Waals surface area contributed by atoms with Crippen molar-refractivity contribution in [2.45, 2.75) is 6.23 Å². The van der Waals surface area contributed by atoms with Gasteiger partial charge in [-0.05, 0) is 0 Å². The van der Waals surface area contributed by atoms with Crippen LogP contribution in [0.1, 0.15) is 0 Å². The highest BCUT2D eigenvalue weighted by atomic mass is 16.5. The van der Waals surface area contributed by atoms with E-state index in [1.807, 2.05) is 0 Å². The van der Waals surface area contributed by atoms with Crippen LogP contribution in [-0.2, 0) is 4.79 Å². The van der Waals surface area contributed by atoms with Crippen molar-refractivity contribution in [3.8, 4) is 0 Å². The molecule has 0 amide bonds. The van der Waals surface area contributed by atoms with Crippen LogP contribution in [0.4, 0.5) is 0 Å². The molecule has 42 valence electrons. The van der Waals surface area contributed by atoms with Gasteiger partial charge in [-0.2, -0.15) is 5.48 Å². The Balaban J connectivity index is 3.34. The van der Waals surface area contributed by atoms with Crippen molar-refractivity contribution in [2.75, 3.05) is 0 Å². The molecule has 0 saturated heterocycles. The molecule has 4 N–H and O–H groups in total. The number of carboxylic acid groups (broad SMARTS) is 1. The fourth-order valence-corrected chi connectivity index (χ4v) is 0.0552. The molecule has 0 spiro atoms. The Labute approximate surface area is 39.2 Å². The molecule has 1 atom stereocenters. The first-order chi connectivity index (χ1) is 3.18. The van der Waals surface area contributed by atoms with Gasteiger partial charge in [0.15, 0.2) is 0 Å². The maximum absolute atomic E-state index is 9.46. The molecule has 0 aliphatic heterocycles. The molecule has 0 aromatic carbocycles. The van der Waals surface area contributed by atoms with Crippen LogP contribution in [-0.4, -0.2) is 27.6 Å². The summed E-state index contributed by atoms with van der Waals surface area (Å²) in [5.41, 5.74) is 1.12. The first-order valence-electron chi connectivity index (χ1n) is 1.49. The largest absolute Gasteiger partial charge is 0.478 e. The Bertz CT molecular complexity index is 72.1. The highest BCUT2D eigenvalue weighted by molar-refractivity contribution is 5.71. The summed E-state index contributed by atoms with van der Waals surface area (Å²) in [6, 6.07) is 0. The number of nitrogens with one attached hydrogen (secondary N) is 1.